The molecule has 112 valence electrons. The van der Waals surface area contributed by atoms with Crippen LogP contribution in [0.5, 0.6) is 0 Å². The highest BCUT2D eigenvalue weighted by atomic mass is 32.2. The van der Waals surface area contributed by atoms with Crippen molar-refractivity contribution in [3.63, 3.8) is 0 Å². The SMILES string of the molecule is CCN(CC)S(=O)(=O)CCNC(=O)C(C)C1CNC1. The highest BCUT2D eigenvalue weighted by Crippen LogP contribution is 2.15. The van der Waals surface area contributed by atoms with E-state index in [2.05, 4.69) is 10.6 Å². The minimum absolute atomic E-state index is 0.0317. The molecule has 1 fully saturated rings. The Balaban J connectivity index is 2.34. The third-order valence-corrected chi connectivity index (χ3v) is 5.71. The van der Waals surface area contributed by atoms with Crippen molar-refractivity contribution in [3.8, 4) is 0 Å². The Hall–Kier alpha value is -0.660. The second-order valence-electron chi connectivity index (χ2n) is 4.90. The van der Waals surface area contributed by atoms with Crippen LogP contribution >= 0.6 is 0 Å². The van der Waals surface area contributed by atoms with E-state index in [1.807, 2.05) is 20.8 Å². The van der Waals surface area contributed by atoms with Crippen LogP contribution in [0.4, 0.5) is 0 Å². The molecule has 0 aliphatic carbocycles. The fraction of sp³-hybridized carbons (Fsp3) is 0.917. The van der Waals surface area contributed by atoms with Crippen LogP contribution in [0.15, 0.2) is 0 Å². The quantitative estimate of drug-likeness (QED) is 0.639. The summed E-state index contributed by atoms with van der Waals surface area (Å²) in [6, 6.07) is 0. The summed E-state index contributed by atoms with van der Waals surface area (Å²) in [5.74, 6) is 0.230. The van der Waals surface area contributed by atoms with Gasteiger partial charge in [0.05, 0.1) is 5.75 Å². The molecule has 0 aromatic rings. The smallest absolute Gasteiger partial charge is 0.223 e. The van der Waals surface area contributed by atoms with Crippen LogP contribution in [0.25, 0.3) is 0 Å². The van der Waals surface area contributed by atoms with Crippen molar-refractivity contribution in [2.75, 3.05) is 38.5 Å². The summed E-state index contributed by atoms with van der Waals surface area (Å²) < 4.78 is 25.2. The van der Waals surface area contributed by atoms with Gasteiger partial charge in [0.2, 0.25) is 15.9 Å². The zero-order valence-corrected chi connectivity index (χ0v) is 12.8. The van der Waals surface area contributed by atoms with Crippen molar-refractivity contribution in [2.24, 2.45) is 11.8 Å². The van der Waals surface area contributed by atoms with Crippen molar-refractivity contribution < 1.29 is 13.2 Å². The molecule has 7 heteroatoms. The summed E-state index contributed by atoms with van der Waals surface area (Å²) in [6.07, 6.45) is 0. The number of nitrogens with one attached hydrogen (secondary N) is 2. The Bertz CT molecular complexity index is 389. The topological polar surface area (TPSA) is 78.5 Å². The molecule has 1 saturated heterocycles. The molecule has 1 aliphatic heterocycles. The predicted octanol–water partition coefficient (Wildman–Crippen LogP) is -0.370. The van der Waals surface area contributed by atoms with Gasteiger partial charge in [-0.1, -0.05) is 20.8 Å². The molecular formula is C12H25N3O3S. The fourth-order valence-corrected chi connectivity index (χ4v) is 3.49. The lowest BCUT2D eigenvalue weighted by Gasteiger charge is -2.31. The van der Waals surface area contributed by atoms with E-state index in [-0.39, 0.29) is 24.1 Å². The van der Waals surface area contributed by atoms with E-state index in [9.17, 15) is 13.2 Å². The van der Waals surface area contributed by atoms with Crippen molar-refractivity contribution in [1.29, 1.82) is 0 Å². The zero-order valence-electron chi connectivity index (χ0n) is 12.0. The summed E-state index contributed by atoms with van der Waals surface area (Å²) in [7, 11) is -3.25. The van der Waals surface area contributed by atoms with Crippen molar-refractivity contribution in [1.82, 2.24) is 14.9 Å². The minimum atomic E-state index is -3.25. The first kappa shape index (κ1) is 16.4. The van der Waals surface area contributed by atoms with Gasteiger partial charge in [0, 0.05) is 25.6 Å². The number of hydrogen-bond donors (Lipinski definition) is 2. The normalized spacial score (nSPS) is 18.1. The third-order valence-electron chi connectivity index (χ3n) is 3.69. The van der Waals surface area contributed by atoms with Gasteiger partial charge in [0.1, 0.15) is 0 Å². The van der Waals surface area contributed by atoms with Gasteiger partial charge in [-0.2, -0.15) is 0 Å². The van der Waals surface area contributed by atoms with Gasteiger partial charge in [-0.3, -0.25) is 4.79 Å². The third kappa shape index (κ3) is 4.43. The molecule has 1 unspecified atom stereocenters. The predicted molar refractivity (Wildman–Crippen MR) is 75.2 cm³/mol. The highest BCUT2D eigenvalue weighted by Gasteiger charge is 2.28. The van der Waals surface area contributed by atoms with Gasteiger partial charge in [-0.15, -0.1) is 0 Å². The monoisotopic (exact) mass is 291 g/mol. The maximum Gasteiger partial charge on any atom is 0.223 e. The fourth-order valence-electron chi connectivity index (χ4n) is 2.09. The maximum atomic E-state index is 11.9. The Kier molecular flexibility index (Phi) is 6.22. The Labute approximate surface area is 116 Å². The van der Waals surface area contributed by atoms with Crippen molar-refractivity contribution in [2.45, 2.75) is 20.8 Å². The van der Waals surface area contributed by atoms with Crippen LogP contribution in [0.1, 0.15) is 20.8 Å². The van der Waals surface area contributed by atoms with Crippen LogP contribution in [0.3, 0.4) is 0 Å². The first-order valence-electron chi connectivity index (χ1n) is 6.88. The molecule has 0 radical (unpaired) electrons. The Morgan fingerprint density at radius 2 is 1.95 bits per heavy atom. The lowest BCUT2D eigenvalue weighted by Crippen LogP contribution is -2.50. The number of carbonyl (C=O) groups is 1. The minimum Gasteiger partial charge on any atom is -0.355 e. The van der Waals surface area contributed by atoms with E-state index in [1.54, 1.807) is 0 Å². The first-order valence-corrected chi connectivity index (χ1v) is 8.49. The summed E-state index contributed by atoms with van der Waals surface area (Å²) in [5.41, 5.74) is 0. The number of carbonyl (C=O) groups excluding carboxylic acids is 1. The van der Waals surface area contributed by atoms with Gasteiger partial charge >= 0.3 is 0 Å². The van der Waals surface area contributed by atoms with E-state index < -0.39 is 10.0 Å². The standard InChI is InChI=1S/C12H25N3O3S/c1-4-15(5-2)19(17,18)7-6-14-12(16)10(3)11-8-13-9-11/h10-11,13H,4-9H2,1-3H3,(H,14,16). The van der Waals surface area contributed by atoms with E-state index in [4.69, 9.17) is 0 Å². The van der Waals surface area contributed by atoms with Crippen LogP contribution in [0, 0.1) is 11.8 Å². The molecular weight excluding hydrogens is 266 g/mol. The molecule has 0 aromatic carbocycles. The first-order chi connectivity index (χ1) is 8.92. The van der Waals surface area contributed by atoms with Crippen molar-refractivity contribution in [3.05, 3.63) is 0 Å². The van der Waals surface area contributed by atoms with Crippen LogP contribution in [0.2, 0.25) is 0 Å². The van der Waals surface area contributed by atoms with E-state index in [1.165, 1.54) is 4.31 Å². The largest absolute Gasteiger partial charge is 0.355 e. The zero-order chi connectivity index (χ0) is 14.5. The summed E-state index contributed by atoms with van der Waals surface area (Å²) in [4.78, 5) is 11.8. The average molecular weight is 291 g/mol. The second kappa shape index (κ2) is 7.21. The average Bonchev–Trinajstić information content (AvgIpc) is 2.27. The lowest BCUT2D eigenvalue weighted by molar-refractivity contribution is -0.126. The van der Waals surface area contributed by atoms with E-state index >= 15 is 0 Å². The summed E-state index contributed by atoms with van der Waals surface area (Å²) >= 11 is 0. The van der Waals surface area contributed by atoms with Gasteiger partial charge in [0.25, 0.3) is 0 Å². The van der Waals surface area contributed by atoms with Gasteiger partial charge in [-0.05, 0) is 19.0 Å². The molecule has 0 aromatic heterocycles. The Morgan fingerprint density at radius 1 is 1.37 bits per heavy atom. The number of rotatable bonds is 8. The second-order valence-corrected chi connectivity index (χ2v) is 6.99. The summed E-state index contributed by atoms with van der Waals surface area (Å²) in [6.45, 7) is 8.37. The lowest BCUT2D eigenvalue weighted by atomic mass is 9.88. The van der Waals surface area contributed by atoms with Crippen LogP contribution in [-0.2, 0) is 14.8 Å². The molecule has 0 bridgehead atoms. The number of sulfonamides is 1. The molecule has 6 nitrogen and oxygen atoms in total. The van der Waals surface area contributed by atoms with Crippen LogP contribution < -0.4 is 10.6 Å². The van der Waals surface area contributed by atoms with Crippen LogP contribution in [-0.4, -0.2) is 57.1 Å². The Morgan fingerprint density at radius 3 is 2.37 bits per heavy atom. The molecule has 0 spiro atoms. The van der Waals surface area contributed by atoms with Gasteiger partial charge in [-0.25, -0.2) is 12.7 Å². The molecule has 1 aliphatic rings. The molecule has 2 N–H and O–H groups in total. The van der Waals surface area contributed by atoms with Gasteiger partial charge in [0.15, 0.2) is 0 Å². The molecule has 1 heterocycles. The highest BCUT2D eigenvalue weighted by molar-refractivity contribution is 7.89. The van der Waals surface area contributed by atoms with Gasteiger partial charge < -0.3 is 10.6 Å². The number of amides is 1. The number of hydrogen-bond acceptors (Lipinski definition) is 4. The molecule has 19 heavy (non-hydrogen) atoms. The van der Waals surface area contributed by atoms with Crippen molar-refractivity contribution >= 4 is 15.9 Å². The molecule has 1 atom stereocenters. The maximum absolute atomic E-state index is 11.9. The summed E-state index contributed by atoms with van der Waals surface area (Å²) in [5, 5.41) is 5.84. The molecule has 0 saturated carbocycles. The van der Waals surface area contributed by atoms with E-state index in [0.29, 0.717) is 19.0 Å². The molecule has 1 rings (SSSR count). The number of nitrogens with zero attached hydrogens (tertiary/aromatic N) is 1. The van der Waals surface area contributed by atoms with E-state index in [0.717, 1.165) is 13.1 Å². The molecule has 1 amide bonds.